The summed E-state index contributed by atoms with van der Waals surface area (Å²) in [5.41, 5.74) is 1.54. The van der Waals surface area contributed by atoms with E-state index in [0.29, 0.717) is 6.04 Å². The molecule has 0 bridgehead atoms. The summed E-state index contributed by atoms with van der Waals surface area (Å²) in [6.07, 6.45) is 21.5. The predicted octanol–water partition coefficient (Wildman–Crippen LogP) is 5.81. The third-order valence-corrected chi connectivity index (χ3v) is 6.09. The van der Waals surface area contributed by atoms with E-state index in [1.807, 2.05) is 0 Å². The first kappa shape index (κ1) is 20.4. The zero-order chi connectivity index (χ0) is 18.0. The van der Waals surface area contributed by atoms with Crippen molar-refractivity contribution in [1.29, 1.82) is 0 Å². The molecule has 0 aliphatic carbocycles. The lowest BCUT2D eigenvalue weighted by Crippen LogP contribution is -2.40. The summed E-state index contributed by atoms with van der Waals surface area (Å²) in [6, 6.07) is 5.29. The van der Waals surface area contributed by atoms with Gasteiger partial charge in [0.2, 0.25) is 0 Å². The van der Waals surface area contributed by atoms with Crippen molar-refractivity contribution in [2.24, 2.45) is 0 Å². The highest BCUT2D eigenvalue weighted by Gasteiger charge is 2.36. The van der Waals surface area contributed by atoms with E-state index in [0.717, 1.165) is 4.48 Å². The van der Waals surface area contributed by atoms with Crippen LogP contribution < -0.4 is 4.57 Å². The molecule has 1 saturated heterocycles. The van der Waals surface area contributed by atoms with Gasteiger partial charge in [-0.2, -0.15) is 0 Å². The molecule has 1 fully saturated rings. The van der Waals surface area contributed by atoms with Crippen molar-refractivity contribution >= 4 is 0 Å². The van der Waals surface area contributed by atoms with Crippen LogP contribution in [0.4, 0.5) is 0 Å². The maximum Gasteiger partial charge on any atom is 0.177 e. The van der Waals surface area contributed by atoms with Crippen molar-refractivity contribution in [3.8, 4) is 0 Å². The molecule has 0 unspecified atom stereocenters. The Labute approximate surface area is 156 Å². The quantitative estimate of drug-likeness (QED) is 0.255. The molecule has 1 aromatic rings. The lowest BCUT2D eigenvalue weighted by Gasteiger charge is -2.31. The first-order valence-corrected chi connectivity index (χ1v) is 10.9. The van der Waals surface area contributed by atoms with E-state index in [-0.39, 0.29) is 0 Å². The SMILES string of the molecule is CCCCCCCCCCCC[n+]1cccc([C@@H]2CCC[N+]2(C)C)c1. The van der Waals surface area contributed by atoms with Crippen molar-refractivity contribution in [3.63, 3.8) is 0 Å². The van der Waals surface area contributed by atoms with Gasteiger partial charge in [-0.05, 0) is 12.5 Å². The molecule has 0 radical (unpaired) electrons. The second kappa shape index (κ2) is 11.0. The Morgan fingerprint density at radius 3 is 2.20 bits per heavy atom. The van der Waals surface area contributed by atoms with Gasteiger partial charge in [0.25, 0.3) is 0 Å². The number of nitrogens with zero attached hydrogens (tertiary/aromatic N) is 2. The van der Waals surface area contributed by atoms with Crippen LogP contribution in [-0.2, 0) is 6.54 Å². The first-order chi connectivity index (χ1) is 12.1. The lowest BCUT2D eigenvalue weighted by molar-refractivity contribution is -0.908. The summed E-state index contributed by atoms with van der Waals surface area (Å²) in [7, 11) is 4.77. The van der Waals surface area contributed by atoms with Gasteiger partial charge < -0.3 is 4.48 Å². The van der Waals surface area contributed by atoms with Crippen LogP contribution in [0.1, 0.15) is 95.6 Å². The molecule has 0 amide bonds. The van der Waals surface area contributed by atoms with E-state index < -0.39 is 0 Å². The van der Waals surface area contributed by atoms with Gasteiger partial charge in [0, 0.05) is 25.3 Å². The highest BCUT2D eigenvalue weighted by atomic mass is 15.3. The number of pyridine rings is 1. The number of quaternary nitrogens is 1. The molecule has 2 rings (SSSR count). The molecule has 2 heterocycles. The van der Waals surface area contributed by atoms with Crippen LogP contribution in [0.5, 0.6) is 0 Å². The highest BCUT2D eigenvalue weighted by molar-refractivity contribution is 5.10. The fraction of sp³-hybridized carbons (Fsp3) is 0.783. The average Bonchev–Trinajstić information content (AvgIpc) is 2.96. The monoisotopic (exact) mass is 346 g/mol. The van der Waals surface area contributed by atoms with E-state index in [1.54, 1.807) is 0 Å². The third kappa shape index (κ3) is 7.09. The smallest absolute Gasteiger partial charge is 0.177 e. The Morgan fingerprint density at radius 1 is 0.960 bits per heavy atom. The Hall–Kier alpha value is -0.890. The predicted molar refractivity (Wildman–Crippen MR) is 107 cm³/mol. The van der Waals surface area contributed by atoms with Crippen LogP contribution in [0.2, 0.25) is 0 Å². The van der Waals surface area contributed by atoms with Crippen molar-refractivity contribution < 1.29 is 9.05 Å². The van der Waals surface area contributed by atoms with Crippen molar-refractivity contribution in [2.45, 2.75) is 96.6 Å². The maximum atomic E-state index is 2.43. The molecule has 0 aromatic carbocycles. The van der Waals surface area contributed by atoms with Crippen LogP contribution in [0, 0.1) is 0 Å². The zero-order valence-electron chi connectivity index (χ0n) is 17.2. The maximum absolute atomic E-state index is 2.43. The van der Waals surface area contributed by atoms with E-state index in [2.05, 4.69) is 50.1 Å². The van der Waals surface area contributed by atoms with Crippen molar-refractivity contribution in [1.82, 2.24) is 0 Å². The molecule has 142 valence electrons. The minimum atomic E-state index is 0.695. The molecule has 1 aliphatic heterocycles. The van der Waals surface area contributed by atoms with Crippen LogP contribution in [0.3, 0.4) is 0 Å². The standard InChI is InChI=1S/C23H42N2/c1-4-5-6-7-8-9-10-11-12-13-18-24-19-14-16-22(21-24)23-17-15-20-25(23,2)3/h14,16,19,21,23H,4-13,15,17-18,20H2,1-3H3/q+2/t23-/m0/s1. The number of hydrogen-bond acceptors (Lipinski definition) is 0. The number of unbranched alkanes of at least 4 members (excludes halogenated alkanes) is 9. The molecule has 0 spiro atoms. The third-order valence-electron chi connectivity index (χ3n) is 6.09. The van der Waals surface area contributed by atoms with Gasteiger partial charge in [-0.3, -0.25) is 0 Å². The van der Waals surface area contributed by atoms with Crippen LogP contribution in [0.25, 0.3) is 0 Å². The van der Waals surface area contributed by atoms with Gasteiger partial charge in [-0.15, -0.1) is 0 Å². The minimum absolute atomic E-state index is 0.695. The average molecular weight is 347 g/mol. The van der Waals surface area contributed by atoms with Gasteiger partial charge in [0.1, 0.15) is 12.6 Å². The summed E-state index contributed by atoms with van der Waals surface area (Å²) in [5.74, 6) is 0. The fourth-order valence-corrected chi connectivity index (χ4v) is 4.43. The van der Waals surface area contributed by atoms with Gasteiger partial charge in [-0.25, -0.2) is 4.57 Å². The number of aromatic nitrogens is 1. The molecule has 1 aliphatic rings. The number of rotatable bonds is 12. The summed E-state index contributed by atoms with van der Waals surface area (Å²) in [6.45, 7) is 4.80. The first-order valence-electron chi connectivity index (χ1n) is 10.9. The highest BCUT2D eigenvalue weighted by Crippen LogP contribution is 2.35. The summed E-state index contributed by atoms with van der Waals surface area (Å²) >= 11 is 0. The Bertz CT molecular complexity index is 481. The molecule has 1 atom stereocenters. The second-order valence-corrected chi connectivity index (χ2v) is 8.72. The molecule has 0 N–H and O–H groups in total. The molecule has 25 heavy (non-hydrogen) atoms. The summed E-state index contributed by atoms with van der Waals surface area (Å²) in [4.78, 5) is 0. The molecular formula is C23H42N2+2. The van der Waals surface area contributed by atoms with Crippen LogP contribution in [-0.4, -0.2) is 25.1 Å². The van der Waals surface area contributed by atoms with Crippen LogP contribution in [0.15, 0.2) is 24.5 Å². The van der Waals surface area contributed by atoms with E-state index in [9.17, 15) is 0 Å². The zero-order valence-corrected chi connectivity index (χ0v) is 17.2. The van der Waals surface area contributed by atoms with Gasteiger partial charge in [-0.1, -0.05) is 58.3 Å². The van der Waals surface area contributed by atoms with Crippen molar-refractivity contribution in [3.05, 3.63) is 30.1 Å². The molecule has 0 saturated carbocycles. The molecule has 2 heteroatoms. The van der Waals surface area contributed by atoms with Crippen molar-refractivity contribution in [2.75, 3.05) is 20.6 Å². The number of hydrogen-bond donors (Lipinski definition) is 0. The van der Waals surface area contributed by atoms with E-state index in [1.165, 1.54) is 95.7 Å². The van der Waals surface area contributed by atoms with E-state index >= 15 is 0 Å². The molecule has 1 aromatic heterocycles. The minimum Gasteiger partial charge on any atom is -0.322 e. The van der Waals surface area contributed by atoms with Gasteiger partial charge in [0.15, 0.2) is 12.4 Å². The second-order valence-electron chi connectivity index (χ2n) is 8.72. The fourth-order valence-electron chi connectivity index (χ4n) is 4.43. The topological polar surface area (TPSA) is 3.88 Å². The molecular weight excluding hydrogens is 304 g/mol. The largest absolute Gasteiger partial charge is 0.322 e. The van der Waals surface area contributed by atoms with Crippen LogP contribution >= 0.6 is 0 Å². The number of aryl methyl sites for hydroxylation is 1. The van der Waals surface area contributed by atoms with Gasteiger partial charge in [0.05, 0.1) is 26.2 Å². The number of likely N-dealkylation sites (tertiary alicyclic amines) is 1. The lowest BCUT2D eigenvalue weighted by atomic mass is 10.1. The molecule has 2 nitrogen and oxygen atoms in total. The summed E-state index contributed by atoms with van der Waals surface area (Å²) in [5, 5.41) is 0. The Balaban J connectivity index is 1.61. The van der Waals surface area contributed by atoms with E-state index in [4.69, 9.17) is 0 Å². The Kier molecular flexibility index (Phi) is 8.95. The Morgan fingerprint density at radius 2 is 1.60 bits per heavy atom. The van der Waals surface area contributed by atoms with Gasteiger partial charge >= 0.3 is 0 Å². The normalized spacial score (nSPS) is 19.4. The summed E-state index contributed by atoms with van der Waals surface area (Å²) < 4.78 is 3.58.